The molecular weight excluding hydrogens is 336 g/mol. The minimum atomic E-state index is -0.333. The van der Waals surface area contributed by atoms with Crippen LogP contribution in [0.2, 0.25) is 5.02 Å². The number of nitrogens with one attached hydrogen (secondary N) is 2. The molecule has 0 aromatic heterocycles. The predicted octanol–water partition coefficient (Wildman–Crippen LogP) is 3.50. The second-order valence-electron chi connectivity index (χ2n) is 4.94. The smallest absolute Gasteiger partial charge is 0.257 e. The molecule has 0 atom stereocenters. The molecule has 0 radical (unpaired) electrons. The second kappa shape index (κ2) is 6.44. The standard InChI is InChI=1S/C16H13ClN2O3S/c1-9-2-4-11(17)7-12(9)18-16(23)19-15(20)10-3-5-13-14(6-10)22-8-21-13/h2-7H,8H2,1H3,(H2,18,19,20,23). The number of thiocarbonyl (C=S) groups is 1. The highest BCUT2D eigenvalue weighted by Crippen LogP contribution is 2.32. The Kier molecular flexibility index (Phi) is 4.36. The van der Waals surface area contributed by atoms with E-state index in [1.54, 1.807) is 30.3 Å². The minimum absolute atomic E-state index is 0.161. The molecule has 0 bridgehead atoms. The van der Waals surface area contributed by atoms with Crippen molar-refractivity contribution in [1.82, 2.24) is 5.32 Å². The molecule has 2 aromatic carbocycles. The number of carbonyl (C=O) groups is 1. The SMILES string of the molecule is Cc1ccc(Cl)cc1NC(=S)NC(=O)c1ccc2c(c1)OCO2. The Morgan fingerprint density at radius 3 is 2.78 bits per heavy atom. The number of carbonyl (C=O) groups excluding carboxylic acids is 1. The number of benzene rings is 2. The van der Waals surface area contributed by atoms with Gasteiger partial charge in [-0.1, -0.05) is 17.7 Å². The van der Waals surface area contributed by atoms with Crippen molar-refractivity contribution in [3.8, 4) is 11.5 Å². The number of anilines is 1. The summed E-state index contributed by atoms with van der Waals surface area (Å²) in [7, 11) is 0. The molecule has 2 aromatic rings. The van der Waals surface area contributed by atoms with Gasteiger partial charge in [0, 0.05) is 16.3 Å². The van der Waals surface area contributed by atoms with Crippen molar-refractivity contribution in [1.29, 1.82) is 0 Å². The van der Waals surface area contributed by atoms with Crippen LogP contribution in [0, 0.1) is 6.92 Å². The van der Waals surface area contributed by atoms with Crippen molar-refractivity contribution < 1.29 is 14.3 Å². The first-order chi connectivity index (χ1) is 11.0. The summed E-state index contributed by atoms with van der Waals surface area (Å²) < 4.78 is 10.5. The second-order valence-corrected chi connectivity index (χ2v) is 5.78. The number of rotatable bonds is 2. The van der Waals surface area contributed by atoms with Crippen molar-refractivity contribution >= 4 is 40.5 Å². The maximum absolute atomic E-state index is 12.2. The highest BCUT2D eigenvalue weighted by atomic mass is 35.5. The van der Waals surface area contributed by atoms with Gasteiger partial charge in [-0.15, -0.1) is 0 Å². The van der Waals surface area contributed by atoms with Crippen molar-refractivity contribution in [2.75, 3.05) is 12.1 Å². The number of amides is 1. The van der Waals surface area contributed by atoms with E-state index >= 15 is 0 Å². The molecule has 0 saturated heterocycles. The summed E-state index contributed by atoms with van der Waals surface area (Å²) in [5, 5.41) is 6.37. The Balaban J connectivity index is 1.68. The van der Waals surface area contributed by atoms with E-state index < -0.39 is 0 Å². The average molecular weight is 349 g/mol. The Morgan fingerprint density at radius 1 is 1.17 bits per heavy atom. The highest BCUT2D eigenvalue weighted by Gasteiger charge is 2.17. The Morgan fingerprint density at radius 2 is 1.96 bits per heavy atom. The molecule has 1 heterocycles. The van der Waals surface area contributed by atoms with E-state index in [1.807, 2.05) is 13.0 Å². The van der Waals surface area contributed by atoms with Gasteiger partial charge in [0.25, 0.3) is 5.91 Å². The van der Waals surface area contributed by atoms with Crippen molar-refractivity contribution in [3.63, 3.8) is 0 Å². The maximum Gasteiger partial charge on any atom is 0.257 e. The number of aryl methyl sites for hydroxylation is 1. The van der Waals surface area contributed by atoms with Gasteiger partial charge in [-0.3, -0.25) is 10.1 Å². The van der Waals surface area contributed by atoms with Crippen molar-refractivity contribution in [3.05, 3.63) is 52.5 Å². The molecule has 0 spiro atoms. The van der Waals surface area contributed by atoms with Gasteiger partial charge in [0.15, 0.2) is 16.6 Å². The monoisotopic (exact) mass is 348 g/mol. The van der Waals surface area contributed by atoms with Crippen LogP contribution in [0.15, 0.2) is 36.4 Å². The quantitative estimate of drug-likeness (QED) is 0.813. The lowest BCUT2D eigenvalue weighted by atomic mass is 10.2. The number of fused-ring (bicyclic) bond motifs is 1. The van der Waals surface area contributed by atoms with E-state index in [9.17, 15) is 4.79 Å². The lowest BCUT2D eigenvalue weighted by molar-refractivity contribution is 0.0977. The van der Waals surface area contributed by atoms with Crippen molar-refractivity contribution in [2.24, 2.45) is 0 Å². The largest absolute Gasteiger partial charge is 0.454 e. The summed E-state index contributed by atoms with van der Waals surface area (Å²) >= 11 is 11.1. The van der Waals surface area contributed by atoms with E-state index in [2.05, 4.69) is 10.6 Å². The summed E-state index contributed by atoms with van der Waals surface area (Å²) in [5.74, 6) is 0.833. The normalized spacial score (nSPS) is 11.9. The third-order valence-electron chi connectivity index (χ3n) is 3.31. The van der Waals surface area contributed by atoms with Crippen LogP contribution < -0.4 is 20.1 Å². The molecule has 1 aliphatic rings. The van der Waals surface area contributed by atoms with Crippen LogP contribution in [0.3, 0.4) is 0 Å². The van der Waals surface area contributed by atoms with Gasteiger partial charge < -0.3 is 14.8 Å². The molecule has 2 N–H and O–H groups in total. The van der Waals surface area contributed by atoms with E-state index in [4.69, 9.17) is 33.3 Å². The van der Waals surface area contributed by atoms with Crippen LogP contribution in [0.4, 0.5) is 5.69 Å². The summed E-state index contributed by atoms with van der Waals surface area (Å²) in [5.41, 5.74) is 2.14. The zero-order valence-corrected chi connectivity index (χ0v) is 13.8. The minimum Gasteiger partial charge on any atom is -0.454 e. The molecule has 1 amide bonds. The lowest BCUT2D eigenvalue weighted by Gasteiger charge is -2.12. The Bertz CT molecular complexity index is 795. The molecule has 3 rings (SSSR count). The van der Waals surface area contributed by atoms with Gasteiger partial charge in [0.2, 0.25) is 6.79 Å². The number of hydrogen-bond donors (Lipinski definition) is 2. The van der Waals surface area contributed by atoms with Crippen LogP contribution >= 0.6 is 23.8 Å². The fourth-order valence-electron chi connectivity index (χ4n) is 2.10. The summed E-state index contributed by atoms with van der Waals surface area (Å²) in [6.45, 7) is 2.08. The molecule has 23 heavy (non-hydrogen) atoms. The van der Waals surface area contributed by atoms with E-state index in [-0.39, 0.29) is 17.8 Å². The van der Waals surface area contributed by atoms with Gasteiger partial charge >= 0.3 is 0 Å². The maximum atomic E-state index is 12.2. The molecule has 0 aliphatic carbocycles. The molecule has 0 fully saturated rings. The van der Waals surface area contributed by atoms with Crippen LogP contribution in [-0.2, 0) is 0 Å². The van der Waals surface area contributed by atoms with E-state index in [0.717, 1.165) is 11.3 Å². The third-order valence-corrected chi connectivity index (χ3v) is 3.75. The van der Waals surface area contributed by atoms with Crippen LogP contribution in [0.5, 0.6) is 11.5 Å². The fraction of sp³-hybridized carbons (Fsp3) is 0.125. The van der Waals surface area contributed by atoms with Gasteiger partial charge in [0.05, 0.1) is 0 Å². The fourth-order valence-corrected chi connectivity index (χ4v) is 2.47. The molecular formula is C16H13ClN2O3S. The third kappa shape index (κ3) is 3.55. The molecule has 0 unspecified atom stereocenters. The van der Waals surface area contributed by atoms with Crippen LogP contribution in [0.1, 0.15) is 15.9 Å². The van der Waals surface area contributed by atoms with E-state index in [1.165, 1.54) is 0 Å². The number of ether oxygens (including phenoxy) is 2. The Hall–Kier alpha value is -2.31. The first-order valence-corrected chi connectivity index (χ1v) is 7.60. The molecule has 5 nitrogen and oxygen atoms in total. The predicted molar refractivity (Wildman–Crippen MR) is 92.4 cm³/mol. The molecule has 118 valence electrons. The van der Waals surface area contributed by atoms with E-state index in [0.29, 0.717) is 22.1 Å². The summed E-state index contributed by atoms with van der Waals surface area (Å²) in [4.78, 5) is 12.2. The summed E-state index contributed by atoms with van der Waals surface area (Å²) in [6.07, 6.45) is 0. The molecule has 1 aliphatic heterocycles. The molecule has 7 heteroatoms. The first-order valence-electron chi connectivity index (χ1n) is 6.81. The zero-order valence-electron chi connectivity index (χ0n) is 12.2. The molecule has 0 saturated carbocycles. The van der Waals surface area contributed by atoms with Gasteiger partial charge in [-0.25, -0.2) is 0 Å². The van der Waals surface area contributed by atoms with Crippen molar-refractivity contribution in [2.45, 2.75) is 6.92 Å². The van der Waals surface area contributed by atoms with Gasteiger partial charge in [0.1, 0.15) is 0 Å². The van der Waals surface area contributed by atoms with Gasteiger partial charge in [-0.2, -0.15) is 0 Å². The summed E-state index contributed by atoms with van der Waals surface area (Å²) in [6, 6.07) is 10.4. The number of halogens is 1. The number of hydrogen-bond acceptors (Lipinski definition) is 4. The lowest BCUT2D eigenvalue weighted by Crippen LogP contribution is -2.34. The van der Waals surface area contributed by atoms with Crippen LogP contribution in [-0.4, -0.2) is 17.8 Å². The highest BCUT2D eigenvalue weighted by molar-refractivity contribution is 7.80. The topological polar surface area (TPSA) is 59.6 Å². The van der Waals surface area contributed by atoms with Crippen LogP contribution in [0.25, 0.3) is 0 Å². The van der Waals surface area contributed by atoms with Gasteiger partial charge in [-0.05, 0) is 55.0 Å². The Labute approximate surface area is 143 Å². The average Bonchev–Trinajstić information content (AvgIpc) is 2.98. The first kappa shape index (κ1) is 15.6. The zero-order chi connectivity index (χ0) is 16.4.